The summed E-state index contributed by atoms with van der Waals surface area (Å²) >= 11 is 0. The minimum Gasteiger partial charge on any atom is -0.481 e. The van der Waals surface area contributed by atoms with Crippen LogP contribution in [-0.4, -0.2) is 36.7 Å². The zero-order valence-electron chi connectivity index (χ0n) is 13.5. The predicted molar refractivity (Wildman–Crippen MR) is 82.8 cm³/mol. The molecule has 1 unspecified atom stereocenters. The van der Waals surface area contributed by atoms with E-state index in [9.17, 15) is 27.9 Å². The number of halogens is 3. The van der Waals surface area contributed by atoms with Crippen LogP contribution in [0.2, 0.25) is 0 Å². The molecule has 1 heterocycles. The molecule has 1 fully saturated rings. The highest BCUT2D eigenvalue weighted by atomic mass is 19.4. The third-order valence-electron chi connectivity index (χ3n) is 4.32. The third-order valence-corrected chi connectivity index (χ3v) is 4.32. The Balaban J connectivity index is 1.87. The summed E-state index contributed by atoms with van der Waals surface area (Å²) in [5, 5.41) is 11.9. The van der Waals surface area contributed by atoms with Crippen molar-refractivity contribution in [3.63, 3.8) is 0 Å². The van der Waals surface area contributed by atoms with Crippen molar-refractivity contribution in [2.75, 3.05) is 19.8 Å². The van der Waals surface area contributed by atoms with Gasteiger partial charge in [-0.1, -0.05) is 12.1 Å². The maximum Gasteiger partial charge on any atom is 0.416 e. The van der Waals surface area contributed by atoms with Gasteiger partial charge in [0.15, 0.2) is 0 Å². The van der Waals surface area contributed by atoms with Crippen molar-refractivity contribution in [2.45, 2.75) is 25.4 Å². The van der Waals surface area contributed by atoms with E-state index in [1.54, 1.807) is 0 Å². The zero-order chi connectivity index (χ0) is 18.4. The number of carboxylic acids is 1. The average Bonchev–Trinajstić information content (AvgIpc) is 2.55. The first kappa shape index (κ1) is 19.2. The summed E-state index contributed by atoms with van der Waals surface area (Å²) in [4.78, 5) is 23.4. The molecule has 1 saturated heterocycles. The van der Waals surface area contributed by atoms with Gasteiger partial charge >= 0.3 is 12.1 Å². The molecule has 8 heteroatoms. The molecule has 2 N–H and O–H groups in total. The van der Waals surface area contributed by atoms with Crippen LogP contribution in [0.25, 0.3) is 0 Å². The summed E-state index contributed by atoms with van der Waals surface area (Å²) in [6.07, 6.45) is -3.26. The number of carboxylic acid groups (broad SMARTS) is 1. The number of aliphatic carboxylic acids is 1. The van der Waals surface area contributed by atoms with E-state index in [2.05, 4.69) is 5.32 Å². The Morgan fingerprint density at radius 1 is 1.20 bits per heavy atom. The van der Waals surface area contributed by atoms with Gasteiger partial charge in [-0.3, -0.25) is 9.59 Å². The number of hydrogen-bond donors (Lipinski definition) is 2. The first-order valence-corrected chi connectivity index (χ1v) is 8.00. The van der Waals surface area contributed by atoms with Gasteiger partial charge in [0.2, 0.25) is 5.91 Å². The predicted octanol–water partition coefficient (Wildman–Crippen LogP) is 2.49. The van der Waals surface area contributed by atoms with Crippen LogP contribution in [0.5, 0.6) is 0 Å². The molecule has 2 rings (SSSR count). The number of benzene rings is 1. The highest BCUT2D eigenvalue weighted by Crippen LogP contribution is 2.29. The van der Waals surface area contributed by atoms with Crippen LogP contribution in [0.15, 0.2) is 24.3 Å². The van der Waals surface area contributed by atoms with E-state index < -0.39 is 29.5 Å². The van der Waals surface area contributed by atoms with Crippen LogP contribution in [0.1, 0.15) is 24.0 Å². The quantitative estimate of drug-likeness (QED) is 0.818. The number of carbonyl (C=O) groups excluding carboxylic acids is 1. The minimum absolute atomic E-state index is 0.000528. The number of rotatable bonds is 6. The fourth-order valence-electron chi connectivity index (χ4n) is 2.86. The molecule has 0 aliphatic carbocycles. The van der Waals surface area contributed by atoms with E-state index in [4.69, 9.17) is 4.74 Å². The lowest BCUT2D eigenvalue weighted by atomic mass is 9.86. The molecule has 0 aromatic heterocycles. The van der Waals surface area contributed by atoms with Crippen molar-refractivity contribution in [1.82, 2.24) is 5.32 Å². The first-order chi connectivity index (χ1) is 11.8. The number of alkyl halides is 3. The lowest BCUT2D eigenvalue weighted by molar-refractivity contribution is -0.145. The lowest BCUT2D eigenvalue weighted by Crippen LogP contribution is -2.39. The molecule has 25 heavy (non-hydrogen) atoms. The van der Waals surface area contributed by atoms with Gasteiger partial charge in [0.25, 0.3) is 0 Å². The smallest absolute Gasteiger partial charge is 0.416 e. The monoisotopic (exact) mass is 359 g/mol. The normalized spacial score (nSPS) is 17.1. The van der Waals surface area contributed by atoms with Crippen LogP contribution in [-0.2, 0) is 26.9 Å². The summed E-state index contributed by atoms with van der Waals surface area (Å²) in [6, 6.07) is 4.33. The molecule has 1 atom stereocenters. The van der Waals surface area contributed by atoms with E-state index in [1.807, 2.05) is 0 Å². The standard InChI is InChI=1S/C17H20F3NO4/c18-17(19,20)13-3-1-11(2-4-13)9-15(22)21-10-14(16(23)24)12-5-7-25-8-6-12/h1-4,12,14H,5-10H2,(H,21,22)(H,23,24). The van der Waals surface area contributed by atoms with Crippen LogP contribution >= 0.6 is 0 Å². The van der Waals surface area contributed by atoms with Crippen LogP contribution in [0, 0.1) is 11.8 Å². The Bertz CT molecular complexity index is 595. The molecule has 1 aromatic carbocycles. The molecule has 0 radical (unpaired) electrons. The summed E-state index contributed by atoms with van der Waals surface area (Å²) < 4.78 is 42.7. The largest absolute Gasteiger partial charge is 0.481 e. The number of amides is 1. The number of nitrogens with one attached hydrogen (secondary N) is 1. The van der Waals surface area contributed by atoms with E-state index >= 15 is 0 Å². The molecular weight excluding hydrogens is 339 g/mol. The molecule has 0 spiro atoms. The fourth-order valence-corrected chi connectivity index (χ4v) is 2.86. The summed E-state index contributed by atoms with van der Waals surface area (Å²) in [5.41, 5.74) is -0.342. The molecule has 1 aromatic rings. The number of ether oxygens (including phenoxy) is 1. The Morgan fingerprint density at radius 3 is 2.32 bits per heavy atom. The molecule has 1 aliphatic rings. The van der Waals surface area contributed by atoms with Gasteiger partial charge < -0.3 is 15.2 Å². The van der Waals surface area contributed by atoms with E-state index in [-0.39, 0.29) is 18.9 Å². The Hall–Kier alpha value is -2.09. The van der Waals surface area contributed by atoms with Gasteiger partial charge in [0.1, 0.15) is 0 Å². The summed E-state index contributed by atoms with van der Waals surface area (Å²) in [7, 11) is 0. The SMILES string of the molecule is O=C(Cc1ccc(C(F)(F)F)cc1)NCC(C(=O)O)C1CCOCC1. The van der Waals surface area contributed by atoms with E-state index in [0.717, 1.165) is 12.1 Å². The molecule has 1 amide bonds. The highest BCUT2D eigenvalue weighted by Gasteiger charge is 2.31. The van der Waals surface area contributed by atoms with Crippen molar-refractivity contribution in [2.24, 2.45) is 11.8 Å². The van der Waals surface area contributed by atoms with Crippen LogP contribution in [0.3, 0.4) is 0 Å². The maximum absolute atomic E-state index is 12.5. The van der Waals surface area contributed by atoms with Gasteiger partial charge in [-0.15, -0.1) is 0 Å². The van der Waals surface area contributed by atoms with Crippen molar-refractivity contribution in [3.05, 3.63) is 35.4 Å². The summed E-state index contributed by atoms with van der Waals surface area (Å²) in [6.45, 7) is 1.02. The Morgan fingerprint density at radius 2 is 1.80 bits per heavy atom. The fraction of sp³-hybridized carbons (Fsp3) is 0.529. The maximum atomic E-state index is 12.5. The molecule has 0 saturated carbocycles. The summed E-state index contributed by atoms with van der Waals surface area (Å²) in [5.74, 6) is -2.14. The van der Waals surface area contributed by atoms with Gasteiger partial charge in [0.05, 0.1) is 17.9 Å². The first-order valence-electron chi connectivity index (χ1n) is 8.00. The van der Waals surface area contributed by atoms with Crippen molar-refractivity contribution >= 4 is 11.9 Å². The van der Waals surface area contributed by atoms with Crippen molar-refractivity contribution in [3.8, 4) is 0 Å². The van der Waals surface area contributed by atoms with Crippen LogP contribution < -0.4 is 5.32 Å². The second kappa shape index (κ2) is 8.33. The van der Waals surface area contributed by atoms with Gasteiger partial charge in [-0.2, -0.15) is 13.2 Å². The topological polar surface area (TPSA) is 75.6 Å². The van der Waals surface area contributed by atoms with Crippen molar-refractivity contribution in [1.29, 1.82) is 0 Å². The van der Waals surface area contributed by atoms with Gasteiger partial charge in [-0.05, 0) is 36.5 Å². The second-order valence-corrected chi connectivity index (χ2v) is 6.07. The number of carbonyl (C=O) groups is 2. The molecular formula is C17H20F3NO4. The van der Waals surface area contributed by atoms with Gasteiger partial charge in [0, 0.05) is 19.8 Å². The Kier molecular flexibility index (Phi) is 6.41. The van der Waals surface area contributed by atoms with Crippen molar-refractivity contribution < 1.29 is 32.6 Å². The molecule has 0 bridgehead atoms. The molecule has 138 valence electrons. The molecule has 5 nitrogen and oxygen atoms in total. The average molecular weight is 359 g/mol. The highest BCUT2D eigenvalue weighted by molar-refractivity contribution is 5.79. The van der Waals surface area contributed by atoms with E-state index in [0.29, 0.717) is 31.6 Å². The second-order valence-electron chi connectivity index (χ2n) is 6.07. The van der Waals surface area contributed by atoms with Gasteiger partial charge in [-0.25, -0.2) is 0 Å². The zero-order valence-corrected chi connectivity index (χ0v) is 13.5. The lowest BCUT2D eigenvalue weighted by Gasteiger charge is -2.27. The van der Waals surface area contributed by atoms with Crippen LogP contribution in [0.4, 0.5) is 13.2 Å². The third kappa shape index (κ3) is 5.74. The number of hydrogen-bond acceptors (Lipinski definition) is 3. The minimum atomic E-state index is -4.42. The van der Waals surface area contributed by atoms with E-state index in [1.165, 1.54) is 12.1 Å². The molecule has 1 aliphatic heterocycles. The Labute approximate surface area is 143 Å².